The second-order valence-electron chi connectivity index (χ2n) is 5.13. The maximum absolute atomic E-state index is 12.4. The van der Waals surface area contributed by atoms with Crippen LogP contribution in [-0.2, 0) is 21.2 Å². The Bertz CT molecular complexity index is 800. The minimum atomic E-state index is -3.84. The summed E-state index contributed by atoms with van der Waals surface area (Å²) >= 11 is 0.814. The molecule has 0 unspecified atom stereocenters. The number of nitrogens with zero attached hydrogens (tertiary/aromatic N) is 2. The van der Waals surface area contributed by atoms with Gasteiger partial charge in [0.25, 0.3) is 14.4 Å². The van der Waals surface area contributed by atoms with Gasteiger partial charge >= 0.3 is 0 Å². The number of amides is 1. The van der Waals surface area contributed by atoms with Gasteiger partial charge in [0.15, 0.2) is 0 Å². The summed E-state index contributed by atoms with van der Waals surface area (Å²) in [6.45, 7) is 5.41. The van der Waals surface area contributed by atoms with Crippen LogP contribution in [0.5, 0.6) is 0 Å². The summed E-state index contributed by atoms with van der Waals surface area (Å²) in [6, 6.07) is 7.15. The van der Waals surface area contributed by atoms with Crippen LogP contribution in [0.2, 0.25) is 0 Å². The number of sulfonamides is 1. The second kappa shape index (κ2) is 7.05. The number of benzene rings is 1. The third kappa shape index (κ3) is 4.26. The Morgan fingerprint density at radius 3 is 2.61 bits per heavy atom. The van der Waals surface area contributed by atoms with E-state index in [0.29, 0.717) is 12.1 Å². The fourth-order valence-electron chi connectivity index (χ4n) is 1.74. The Kier molecular flexibility index (Phi) is 5.32. The number of rotatable bonds is 6. The SMILES string of the molecule is CCc1ccccc1NS(=O)(=O)c1nnc(NC(=O)C(C)C)s1. The predicted octanol–water partition coefficient (Wildman–Crippen LogP) is 2.50. The molecule has 0 fully saturated rings. The van der Waals surface area contributed by atoms with Crippen LogP contribution in [0.15, 0.2) is 28.6 Å². The Hall–Kier alpha value is -2.00. The van der Waals surface area contributed by atoms with E-state index in [1.807, 2.05) is 19.1 Å². The molecule has 1 heterocycles. The Morgan fingerprint density at radius 2 is 1.96 bits per heavy atom. The Balaban J connectivity index is 2.20. The molecule has 7 nitrogen and oxygen atoms in total. The van der Waals surface area contributed by atoms with Gasteiger partial charge in [0.05, 0.1) is 5.69 Å². The topological polar surface area (TPSA) is 101 Å². The van der Waals surface area contributed by atoms with Crippen LogP contribution in [0.3, 0.4) is 0 Å². The number of carbonyl (C=O) groups is 1. The zero-order valence-corrected chi connectivity index (χ0v) is 14.7. The van der Waals surface area contributed by atoms with Gasteiger partial charge < -0.3 is 5.32 Å². The molecule has 0 radical (unpaired) electrons. The van der Waals surface area contributed by atoms with Gasteiger partial charge in [-0.2, -0.15) is 8.42 Å². The Labute approximate surface area is 139 Å². The first-order valence-electron chi connectivity index (χ1n) is 7.08. The third-order valence-corrected chi connectivity index (χ3v) is 5.61. The van der Waals surface area contributed by atoms with Gasteiger partial charge in [-0.25, -0.2) is 0 Å². The number of para-hydroxylation sites is 1. The van der Waals surface area contributed by atoms with E-state index in [1.54, 1.807) is 26.0 Å². The summed E-state index contributed by atoms with van der Waals surface area (Å²) in [6.07, 6.45) is 0.699. The van der Waals surface area contributed by atoms with Crippen LogP contribution in [0.4, 0.5) is 10.8 Å². The average Bonchev–Trinajstić information content (AvgIpc) is 2.96. The van der Waals surface area contributed by atoms with E-state index < -0.39 is 10.0 Å². The van der Waals surface area contributed by atoms with Crippen molar-refractivity contribution in [3.05, 3.63) is 29.8 Å². The summed E-state index contributed by atoms with van der Waals surface area (Å²) in [4.78, 5) is 11.6. The molecular weight excluding hydrogens is 336 g/mol. The van der Waals surface area contributed by atoms with Crippen LogP contribution in [-0.4, -0.2) is 24.5 Å². The molecule has 2 rings (SSSR count). The quantitative estimate of drug-likeness (QED) is 0.776. The number of hydrogen-bond acceptors (Lipinski definition) is 6. The first-order chi connectivity index (χ1) is 10.8. The van der Waals surface area contributed by atoms with Crippen molar-refractivity contribution in [1.82, 2.24) is 10.2 Å². The second-order valence-corrected chi connectivity index (χ2v) is 7.97. The lowest BCUT2D eigenvalue weighted by molar-refractivity contribution is -0.118. The number of aryl methyl sites for hydroxylation is 1. The molecule has 0 bridgehead atoms. The largest absolute Gasteiger partial charge is 0.300 e. The van der Waals surface area contributed by atoms with Gasteiger partial charge in [-0.15, -0.1) is 10.2 Å². The van der Waals surface area contributed by atoms with Crippen molar-refractivity contribution in [2.75, 3.05) is 10.0 Å². The standard InChI is InChI=1S/C14H18N4O3S2/c1-4-10-7-5-6-8-11(10)18-23(20,21)14-17-16-13(22-14)15-12(19)9(2)3/h5-9,18H,4H2,1-3H3,(H,15,16,19). The number of nitrogens with one attached hydrogen (secondary N) is 2. The molecular formula is C14H18N4O3S2. The third-order valence-electron chi connectivity index (χ3n) is 3.03. The molecule has 0 saturated heterocycles. The number of anilines is 2. The number of carbonyl (C=O) groups excluding carboxylic acids is 1. The summed E-state index contributed by atoms with van der Waals surface area (Å²) in [5, 5.41) is 10.1. The smallest absolute Gasteiger partial charge is 0.291 e. The lowest BCUT2D eigenvalue weighted by atomic mass is 10.1. The molecule has 0 saturated carbocycles. The fourth-order valence-corrected chi connectivity index (χ4v) is 3.74. The van der Waals surface area contributed by atoms with E-state index >= 15 is 0 Å². The van der Waals surface area contributed by atoms with Gasteiger partial charge in [0, 0.05) is 5.92 Å². The average molecular weight is 354 g/mol. The highest BCUT2D eigenvalue weighted by molar-refractivity contribution is 7.94. The van der Waals surface area contributed by atoms with E-state index in [1.165, 1.54) is 0 Å². The molecule has 2 aromatic rings. The molecule has 1 aromatic heterocycles. The van der Waals surface area contributed by atoms with Gasteiger partial charge in [-0.05, 0) is 18.1 Å². The fraction of sp³-hybridized carbons (Fsp3) is 0.357. The molecule has 0 atom stereocenters. The molecule has 0 aliphatic carbocycles. The highest BCUT2D eigenvalue weighted by Crippen LogP contribution is 2.24. The van der Waals surface area contributed by atoms with Crippen molar-refractivity contribution in [3.63, 3.8) is 0 Å². The lowest BCUT2D eigenvalue weighted by Gasteiger charge is -2.09. The molecule has 1 aromatic carbocycles. The molecule has 0 spiro atoms. The van der Waals surface area contributed by atoms with Crippen molar-refractivity contribution >= 4 is 38.1 Å². The predicted molar refractivity (Wildman–Crippen MR) is 90.0 cm³/mol. The molecule has 1 amide bonds. The monoisotopic (exact) mass is 354 g/mol. The summed E-state index contributed by atoms with van der Waals surface area (Å²) in [5.74, 6) is -0.470. The molecule has 23 heavy (non-hydrogen) atoms. The summed E-state index contributed by atoms with van der Waals surface area (Å²) < 4.78 is 27.1. The van der Waals surface area contributed by atoms with Crippen LogP contribution in [0.1, 0.15) is 26.3 Å². The minimum absolute atomic E-state index is 0.160. The van der Waals surface area contributed by atoms with E-state index in [9.17, 15) is 13.2 Å². The van der Waals surface area contributed by atoms with Crippen molar-refractivity contribution in [2.45, 2.75) is 31.5 Å². The molecule has 0 aliphatic rings. The van der Waals surface area contributed by atoms with Crippen molar-refractivity contribution in [3.8, 4) is 0 Å². The van der Waals surface area contributed by atoms with Crippen molar-refractivity contribution < 1.29 is 13.2 Å². The molecule has 0 aliphatic heterocycles. The minimum Gasteiger partial charge on any atom is -0.300 e. The maximum atomic E-state index is 12.4. The maximum Gasteiger partial charge on any atom is 0.291 e. The van der Waals surface area contributed by atoms with Gasteiger partial charge in [0.1, 0.15) is 0 Å². The van der Waals surface area contributed by atoms with Crippen LogP contribution >= 0.6 is 11.3 Å². The van der Waals surface area contributed by atoms with E-state index in [2.05, 4.69) is 20.2 Å². The number of aromatic nitrogens is 2. The van der Waals surface area contributed by atoms with Crippen LogP contribution in [0.25, 0.3) is 0 Å². The summed E-state index contributed by atoms with van der Waals surface area (Å²) in [7, 11) is -3.84. The summed E-state index contributed by atoms with van der Waals surface area (Å²) in [5.41, 5.74) is 1.40. The van der Waals surface area contributed by atoms with Crippen molar-refractivity contribution in [2.24, 2.45) is 5.92 Å². The normalized spacial score (nSPS) is 11.5. The molecule has 124 valence electrons. The van der Waals surface area contributed by atoms with Gasteiger partial charge in [0.2, 0.25) is 11.0 Å². The first kappa shape index (κ1) is 17.4. The number of hydrogen-bond donors (Lipinski definition) is 2. The first-order valence-corrected chi connectivity index (χ1v) is 9.38. The highest BCUT2D eigenvalue weighted by Gasteiger charge is 2.22. The van der Waals surface area contributed by atoms with E-state index in [-0.39, 0.29) is 21.3 Å². The molecule has 2 N–H and O–H groups in total. The highest BCUT2D eigenvalue weighted by atomic mass is 32.2. The van der Waals surface area contributed by atoms with Gasteiger partial charge in [-0.3, -0.25) is 9.52 Å². The van der Waals surface area contributed by atoms with Crippen LogP contribution < -0.4 is 10.0 Å². The van der Waals surface area contributed by atoms with E-state index in [0.717, 1.165) is 16.9 Å². The van der Waals surface area contributed by atoms with Gasteiger partial charge in [-0.1, -0.05) is 50.3 Å². The van der Waals surface area contributed by atoms with E-state index in [4.69, 9.17) is 0 Å². The molecule has 9 heteroatoms. The Morgan fingerprint density at radius 1 is 1.26 bits per heavy atom. The van der Waals surface area contributed by atoms with Crippen molar-refractivity contribution in [1.29, 1.82) is 0 Å². The zero-order valence-electron chi connectivity index (χ0n) is 13.0. The lowest BCUT2D eigenvalue weighted by Crippen LogP contribution is -2.17. The zero-order chi connectivity index (χ0) is 17.0. The van der Waals surface area contributed by atoms with Crippen LogP contribution in [0, 0.1) is 5.92 Å².